The van der Waals surface area contributed by atoms with Gasteiger partial charge in [-0.15, -0.1) is 0 Å². The summed E-state index contributed by atoms with van der Waals surface area (Å²) in [5, 5.41) is 120. The number of hydrogen-bond donors (Lipinski definition) is 12. The fourth-order valence-corrected chi connectivity index (χ4v) is 11.7. The Morgan fingerprint density at radius 2 is 0.695 bits per heavy atom. The van der Waals surface area contributed by atoms with Crippen LogP contribution in [0, 0.1) is 0 Å². The first kappa shape index (κ1) is 75.0. The normalized spacial score (nSPS) is 29.5. The zero-order valence-electron chi connectivity index (χ0n) is 51.0. The van der Waals surface area contributed by atoms with Crippen molar-refractivity contribution < 1.29 is 89.4 Å². The Labute approximate surface area is 493 Å². The fourth-order valence-electron chi connectivity index (χ4n) is 11.7. The number of aliphatic hydroxyl groups excluding tert-OH is 11. The Hall–Kier alpha value is -1.21. The van der Waals surface area contributed by atoms with Gasteiger partial charge in [-0.05, 0) is 12.8 Å². The molecule has 82 heavy (non-hydrogen) atoms. The Morgan fingerprint density at radius 1 is 0.390 bits per heavy atom. The molecule has 0 aromatic rings. The summed E-state index contributed by atoms with van der Waals surface area (Å²) in [5.74, 6) is -0.257. The van der Waals surface area contributed by atoms with Crippen LogP contribution in [0.15, 0.2) is 0 Å². The van der Waals surface area contributed by atoms with Gasteiger partial charge in [0.15, 0.2) is 18.9 Å². The molecule has 12 N–H and O–H groups in total. The van der Waals surface area contributed by atoms with Gasteiger partial charge in [-0.1, -0.05) is 245 Å². The van der Waals surface area contributed by atoms with Gasteiger partial charge in [-0.2, -0.15) is 0 Å². The van der Waals surface area contributed by atoms with Crippen molar-refractivity contribution in [3.8, 4) is 0 Å². The zero-order valence-corrected chi connectivity index (χ0v) is 51.0. The molecular weight excluding hydrogens is 1060 g/mol. The second kappa shape index (κ2) is 46.9. The van der Waals surface area contributed by atoms with Crippen LogP contribution in [-0.4, -0.2) is 193 Å². The van der Waals surface area contributed by atoms with E-state index in [9.17, 15) is 61.0 Å². The van der Waals surface area contributed by atoms with Crippen LogP contribution in [0.3, 0.4) is 0 Å². The lowest BCUT2D eigenvalue weighted by Gasteiger charge is -2.48. The summed E-state index contributed by atoms with van der Waals surface area (Å²) in [4.78, 5) is 13.1. The topological polar surface area (TPSA) is 307 Å². The molecule has 0 aromatic heterocycles. The predicted molar refractivity (Wildman–Crippen MR) is 314 cm³/mol. The van der Waals surface area contributed by atoms with E-state index in [4.69, 9.17) is 28.4 Å². The van der Waals surface area contributed by atoms with Crippen LogP contribution >= 0.6 is 0 Å². The molecule has 3 heterocycles. The van der Waals surface area contributed by atoms with Gasteiger partial charge in [0, 0.05) is 6.42 Å². The monoisotopic (exact) mass is 1180 g/mol. The number of amides is 1. The number of ether oxygens (including phenoxy) is 6. The lowest BCUT2D eigenvalue weighted by molar-refractivity contribution is -0.379. The van der Waals surface area contributed by atoms with Gasteiger partial charge in [0.05, 0.1) is 38.6 Å². The molecule has 0 bridgehead atoms. The Bertz CT molecular complexity index is 1500. The third-order valence-electron chi connectivity index (χ3n) is 17.2. The van der Waals surface area contributed by atoms with E-state index in [1.165, 1.54) is 186 Å². The number of hydrogen-bond acceptors (Lipinski definition) is 18. The van der Waals surface area contributed by atoms with E-state index >= 15 is 0 Å². The van der Waals surface area contributed by atoms with Crippen molar-refractivity contribution >= 4 is 5.91 Å². The summed E-state index contributed by atoms with van der Waals surface area (Å²) in [6.07, 6.45) is 21.8. The summed E-state index contributed by atoms with van der Waals surface area (Å²) in [6, 6.07) is -0.877. The van der Waals surface area contributed by atoms with Gasteiger partial charge in [-0.3, -0.25) is 4.79 Å². The highest BCUT2D eigenvalue weighted by atomic mass is 16.8. The number of carbonyl (C=O) groups excluding carboxylic acids is 1. The van der Waals surface area contributed by atoms with E-state index in [0.29, 0.717) is 12.8 Å². The second-order valence-electron chi connectivity index (χ2n) is 24.3. The van der Waals surface area contributed by atoms with E-state index in [1.807, 2.05) is 0 Å². The van der Waals surface area contributed by atoms with Gasteiger partial charge >= 0.3 is 0 Å². The molecule has 3 aliphatic rings. The van der Waals surface area contributed by atoms with Gasteiger partial charge < -0.3 is 89.9 Å². The lowest BCUT2D eigenvalue weighted by atomic mass is 9.96. The van der Waals surface area contributed by atoms with Crippen molar-refractivity contribution in [3.63, 3.8) is 0 Å². The second-order valence-corrected chi connectivity index (χ2v) is 24.3. The zero-order chi connectivity index (χ0) is 59.7. The smallest absolute Gasteiger partial charge is 0.220 e. The molecule has 19 nitrogen and oxygen atoms in total. The molecule has 3 saturated heterocycles. The molecule has 0 radical (unpaired) electrons. The van der Waals surface area contributed by atoms with E-state index in [-0.39, 0.29) is 18.9 Å². The van der Waals surface area contributed by atoms with Crippen LogP contribution in [0.2, 0.25) is 0 Å². The summed E-state index contributed by atoms with van der Waals surface area (Å²) >= 11 is 0. The maximum atomic E-state index is 13.1. The molecule has 3 rings (SSSR count). The summed E-state index contributed by atoms with van der Waals surface area (Å²) in [7, 11) is 0. The van der Waals surface area contributed by atoms with E-state index in [0.717, 1.165) is 44.9 Å². The molecule has 1 amide bonds. The third kappa shape index (κ3) is 29.7. The van der Waals surface area contributed by atoms with Crippen LogP contribution in [0.25, 0.3) is 0 Å². The van der Waals surface area contributed by atoms with Crippen LogP contribution in [0.4, 0.5) is 0 Å². The average Bonchev–Trinajstić information content (AvgIpc) is 3.67. The SMILES string of the molecule is CCCCCCCCCCCCCCCCCCCCCCCCCCCCCCCCCCCC(O)C(COC1OC(CO)C(OC2OC(CO)C(OC3OC(CO)C(O)C(O)C3O)C(O)C2O)C(O)C1O)NC(=O)CCCCCC. The maximum absolute atomic E-state index is 13.1. The molecule has 3 fully saturated rings. The summed E-state index contributed by atoms with van der Waals surface area (Å²) < 4.78 is 34.2. The molecule has 17 atom stereocenters. The first-order chi connectivity index (χ1) is 39.8. The maximum Gasteiger partial charge on any atom is 0.220 e. The summed E-state index contributed by atoms with van der Waals surface area (Å²) in [5.41, 5.74) is 0. The largest absolute Gasteiger partial charge is 0.394 e. The number of nitrogens with one attached hydrogen (secondary N) is 1. The lowest BCUT2D eigenvalue weighted by Crippen LogP contribution is -2.66. The molecule has 0 aliphatic carbocycles. The molecule has 0 aromatic carbocycles. The van der Waals surface area contributed by atoms with Crippen molar-refractivity contribution in [1.82, 2.24) is 5.32 Å². The van der Waals surface area contributed by atoms with Gasteiger partial charge in [0.2, 0.25) is 5.91 Å². The van der Waals surface area contributed by atoms with Gasteiger partial charge in [0.25, 0.3) is 0 Å². The standard InChI is InChI=1S/C63H121NO18/c1-3-5-7-9-10-11-12-13-14-15-16-17-18-19-20-21-22-23-24-25-26-27-28-29-30-31-32-33-34-35-36-37-38-40-47(68)46(64-51(69)41-39-8-6-4-2)45-77-61-57(75)54(72)59(49(43-66)79-61)82-63-58(76)55(73)60(50(44-67)80-63)81-62-56(74)53(71)52(70)48(42-65)78-62/h46-50,52-63,65-68,70-76H,3-45H2,1-2H3,(H,64,69). The summed E-state index contributed by atoms with van der Waals surface area (Å²) in [6.45, 7) is 1.68. The highest BCUT2D eigenvalue weighted by Crippen LogP contribution is 2.33. The van der Waals surface area contributed by atoms with Crippen LogP contribution in [-0.2, 0) is 33.2 Å². The molecule has 486 valence electrons. The van der Waals surface area contributed by atoms with E-state index in [1.54, 1.807) is 0 Å². The Morgan fingerprint density at radius 3 is 1.06 bits per heavy atom. The van der Waals surface area contributed by atoms with Crippen LogP contribution in [0.5, 0.6) is 0 Å². The highest BCUT2D eigenvalue weighted by molar-refractivity contribution is 5.76. The van der Waals surface area contributed by atoms with Gasteiger partial charge in [0.1, 0.15) is 73.2 Å². The minimum Gasteiger partial charge on any atom is -0.394 e. The quantitative estimate of drug-likeness (QED) is 0.0262. The first-order valence-electron chi connectivity index (χ1n) is 33.3. The third-order valence-corrected chi connectivity index (χ3v) is 17.2. The Balaban J connectivity index is 1.27. The number of unbranched alkanes of at least 4 members (excludes halogenated alkanes) is 35. The van der Waals surface area contributed by atoms with Gasteiger partial charge in [-0.25, -0.2) is 0 Å². The molecule has 19 heteroatoms. The van der Waals surface area contributed by atoms with Crippen molar-refractivity contribution in [1.29, 1.82) is 0 Å². The fraction of sp³-hybridized carbons (Fsp3) is 0.984. The first-order valence-corrected chi connectivity index (χ1v) is 33.3. The van der Waals surface area contributed by atoms with Crippen molar-refractivity contribution in [2.75, 3.05) is 26.4 Å². The number of rotatable bonds is 51. The van der Waals surface area contributed by atoms with Crippen LogP contribution in [0.1, 0.15) is 264 Å². The minimum atomic E-state index is -1.97. The highest BCUT2D eigenvalue weighted by Gasteiger charge is 2.53. The molecule has 0 saturated carbocycles. The van der Waals surface area contributed by atoms with Crippen LogP contribution < -0.4 is 5.32 Å². The molecule has 3 aliphatic heterocycles. The molecule has 0 spiro atoms. The van der Waals surface area contributed by atoms with E-state index in [2.05, 4.69) is 19.2 Å². The minimum absolute atomic E-state index is 0.257. The Kier molecular flexibility index (Phi) is 42.9. The number of aliphatic hydroxyl groups is 11. The van der Waals surface area contributed by atoms with Crippen molar-refractivity contribution in [3.05, 3.63) is 0 Å². The van der Waals surface area contributed by atoms with Crippen molar-refractivity contribution in [2.45, 2.75) is 369 Å². The predicted octanol–water partition coefficient (Wildman–Crippen LogP) is 7.55. The molecule has 17 unspecified atom stereocenters. The van der Waals surface area contributed by atoms with E-state index < -0.39 is 124 Å². The average molecular weight is 1180 g/mol. The molecular formula is C63H121NO18. The van der Waals surface area contributed by atoms with Crippen molar-refractivity contribution in [2.24, 2.45) is 0 Å². The number of carbonyl (C=O) groups is 1.